The summed E-state index contributed by atoms with van der Waals surface area (Å²) in [5.41, 5.74) is -1.43. The highest BCUT2D eigenvalue weighted by Gasteiger charge is 2.34. The Kier molecular flexibility index (Phi) is 3.46. The Hall–Kier alpha value is -1.37. The van der Waals surface area contributed by atoms with E-state index in [0.29, 0.717) is 6.54 Å². The fourth-order valence-corrected chi connectivity index (χ4v) is 1.05. The standard InChI is InChI=1S/C8H10F3N3O/c1-2-12-7-3-5(8(9,10)11)6(4-15)13-14-7/h3,15H,2,4H2,1H3,(H,12,14). The Labute approximate surface area is 84.1 Å². The zero-order valence-electron chi connectivity index (χ0n) is 7.97. The van der Waals surface area contributed by atoms with Crippen LogP contribution < -0.4 is 5.32 Å². The summed E-state index contributed by atoms with van der Waals surface area (Å²) in [6.45, 7) is 1.40. The van der Waals surface area contributed by atoms with Crippen molar-refractivity contribution in [3.05, 3.63) is 17.3 Å². The SMILES string of the molecule is CCNc1cc(C(F)(F)F)c(CO)nn1. The Morgan fingerprint density at radius 3 is 2.53 bits per heavy atom. The maximum atomic E-state index is 12.4. The Balaban J connectivity index is 3.13. The van der Waals surface area contributed by atoms with Gasteiger partial charge in [-0.05, 0) is 13.0 Å². The fourth-order valence-electron chi connectivity index (χ4n) is 1.05. The topological polar surface area (TPSA) is 58.0 Å². The minimum absolute atomic E-state index is 0.0435. The summed E-state index contributed by atoms with van der Waals surface area (Å²) in [7, 11) is 0. The molecule has 0 aliphatic carbocycles. The molecule has 0 aliphatic rings. The first-order valence-corrected chi connectivity index (χ1v) is 4.27. The first kappa shape index (κ1) is 11.7. The van der Waals surface area contributed by atoms with E-state index in [1.165, 1.54) is 0 Å². The molecule has 0 amide bonds. The number of rotatable bonds is 3. The van der Waals surface area contributed by atoms with Gasteiger partial charge in [-0.1, -0.05) is 0 Å². The maximum Gasteiger partial charge on any atom is 0.418 e. The van der Waals surface area contributed by atoms with E-state index < -0.39 is 24.0 Å². The largest absolute Gasteiger partial charge is 0.418 e. The zero-order chi connectivity index (χ0) is 11.5. The number of aliphatic hydroxyl groups excluding tert-OH is 1. The van der Waals surface area contributed by atoms with Crippen molar-refractivity contribution in [2.75, 3.05) is 11.9 Å². The number of aliphatic hydroxyl groups is 1. The summed E-state index contributed by atoms with van der Waals surface area (Å²) in [4.78, 5) is 0. The van der Waals surface area contributed by atoms with Crippen LogP contribution in [0.1, 0.15) is 18.2 Å². The molecule has 0 bridgehead atoms. The summed E-state index contributed by atoms with van der Waals surface area (Å²) < 4.78 is 37.3. The van der Waals surface area contributed by atoms with Crippen molar-refractivity contribution in [1.82, 2.24) is 10.2 Å². The van der Waals surface area contributed by atoms with Crippen molar-refractivity contribution in [2.45, 2.75) is 19.7 Å². The monoisotopic (exact) mass is 221 g/mol. The van der Waals surface area contributed by atoms with Crippen LogP contribution in [-0.4, -0.2) is 21.8 Å². The lowest BCUT2D eigenvalue weighted by molar-refractivity contribution is -0.139. The molecule has 1 heterocycles. The molecule has 4 nitrogen and oxygen atoms in total. The van der Waals surface area contributed by atoms with Crippen LogP contribution in [0.2, 0.25) is 0 Å². The normalized spacial score (nSPS) is 11.5. The molecule has 1 aromatic heterocycles. The maximum absolute atomic E-state index is 12.4. The van der Waals surface area contributed by atoms with Gasteiger partial charge in [0.15, 0.2) is 0 Å². The molecule has 0 saturated carbocycles. The molecule has 0 aromatic carbocycles. The molecule has 0 aliphatic heterocycles. The lowest BCUT2D eigenvalue weighted by Crippen LogP contribution is -2.13. The van der Waals surface area contributed by atoms with Crippen LogP contribution in [0, 0.1) is 0 Å². The number of anilines is 1. The van der Waals surface area contributed by atoms with Crippen LogP contribution in [0.3, 0.4) is 0 Å². The van der Waals surface area contributed by atoms with Gasteiger partial charge in [-0.15, -0.1) is 5.10 Å². The number of nitrogens with one attached hydrogen (secondary N) is 1. The first-order chi connectivity index (χ1) is 6.99. The molecule has 0 atom stereocenters. The number of hydrogen-bond acceptors (Lipinski definition) is 4. The molecule has 0 radical (unpaired) electrons. The summed E-state index contributed by atoms with van der Waals surface area (Å²) in [5, 5.41) is 18.1. The number of aromatic nitrogens is 2. The van der Waals surface area contributed by atoms with Crippen molar-refractivity contribution in [2.24, 2.45) is 0 Å². The van der Waals surface area contributed by atoms with Crippen molar-refractivity contribution in [3.63, 3.8) is 0 Å². The van der Waals surface area contributed by atoms with E-state index >= 15 is 0 Å². The van der Waals surface area contributed by atoms with Gasteiger partial charge in [0, 0.05) is 6.54 Å². The van der Waals surface area contributed by atoms with E-state index in [1.807, 2.05) is 0 Å². The predicted octanol–water partition coefficient (Wildman–Crippen LogP) is 1.42. The molecule has 15 heavy (non-hydrogen) atoms. The molecule has 1 aromatic rings. The minimum Gasteiger partial charge on any atom is -0.390 e. The third-order valence-corrected chi connectivity index (χ3v) is 1.68. The highest BCUT2D eigenvalue weighted by atomic mass is 19.4. The van der Waals surface area contributed by atoms with Gasteiger partial charge in [-0.2, -0.15) is 18.3 Å². The molecular weight excluding hydrogens is 211 g/mol. The number of halogens is 3. The van der Waals surface area contributed by atoms with E-state index in [1.54, 1.807) is 6.92 Å². The lowest BCUT2D eigenvalue weighted by atomic mass is 10.2. The van der Waals surface area contributed by atoms with Gasteiger partial charge < -0.3 is 10.4 Å². The third kappa shape index (κ3) is 2.79. The van der Waals surface area contributed by atoms with Crippen molar-refractivity contribution in [1.29, 1.82) is 0 Å². The van der Waals surface area contributed by atoms with Gasteiger partial charge in [0.2, 0.25) is 0 Å². The van der Waals surface area contributed by atoms with E-state index in [-0.39, 0.29) is 5.82 Å². The van der Waals surface area contributed by atoms with Crippen LogP contribution >= 0.6 is 0 Å². The van der Waals surface area contributed by atoms with Crippen LogP contribution in [0.25, 0.3) is 0 Å². The van der Waals surface area contributed by atoms with E-state index in [2.05, 4.69) is 15.5 Å². The first-order valence-electron chi connectivity index (χ1n) is 4.27. The van der Waals surface area contributed by atoms with Crippen molar-refractivity contribution >= 4 is 5.82 Å². The molecule has 1 rings (SSSR count). The predicted molar refractivity (Wildman–Crippen MR) is 47.1 cm³/mol. The second-order valence-electron chi connectivity index (χ2n) is 2.78. The second kappa shape index (κ2) is 4.43. The lowest BCUT2D eigenvalue weighted by Gasteiger charge is -2.11. The molecule has 7 heteroatoms. The van der Waals surface area contributed by atoms with E-state index in [4.69, 9.17) is 5.11 Å². The molecular formula is C8H10F3N3O. The fraction of sp³-hybridized carbons (Fsp3) is 0.500. The van der Waals surface area contributed by atoms with Crippen LogP contribution in [-0.2, 0) is 12.8 Å². The van der Waals surface area contributed by atoms with Crippen LogP contribution in [0.15, 0.2) is 6.07 Å². The van der Waals surface area contributed by atoms with Crippen LogP contribution in [0.4, 0.5) is 19.0 Å². The summed E-state index contributed by atoms with van der Waals surface area (Å²) in [6, 6.07) is 0.835. The van der Waals surface area contributed by atoms with E-state index in [0.717, 1.165) is 6.07 Å². The average molecular weight is 221 g/mol. The summed E-state index contributed by atoms with van der Waals surface area (Å²) in [6.07, 6.45) is -4.53. The highest BCUT2D eigenvalue weighted by Crippen LogP contribution is 2.32. The van der Waals surface area contributed by atoms with Gasteiger partial charge in [-0.3, -0.25) is 0 Å². The third-order valence-electron chi connectivity index (χ3n) is 1.68. The Morgan fingerprint density at radius 1 is 1.40 bits per heavy atom. The van der Waals surface area contributed by atoms with Gasteiger partial charge >= 0.3 is 6.18 Å². The van der Waals surface area contributed by atoms with Gasteiger partial charge in [0.05, 0.1) is 12.2 Å². The summed E-state index contributed by atoms with van der Waals surface area (Å²) >= 11 is 0. The highest BCUT2D eigenvalue weighted by molar-refractivity contribution is 5.39. The minimum atomic E-state index is -4.53. The molecule has 84 valence electrons. The Bertz CT molecular complexity index is 340. The second-order valence-corrected chi connectivity index (χ2v) is 2.78. The van der Waals surface area contributed by atoms with Gasteiger partial charge in [-0.25, -0.2) is 0 Å². The molecule has 2 N–H and O–H groups in total. The van der Waals surface area contributed by atoms with Crippen LogP contribution in [0.5, 0.6) is 0 Å². The molecule has 0 spiro atoms. The van der Waals surface area contributed by atoms with Gasteiger partial charge in [0.25, 0.3) is 0 Å². The smallest absolute Gasteiger partial charge is 0.390 e. The average Bonchev–Trinajstić information content (AvgIpc) is 2.17. The molecule has 0 fully saturated rings. The Morgan fingerprint density at radius 2 is 2.07 bits per heavy atom. The molecule has 0 saturated heterocycles. The quantitative estimate of drug-likeness (QED) is 0.810. The summed E-state index contributed by atoms with van der Waals surface area (Å²) in [5.74, 6) is 0.0435. The van der Waals surface area contributed by atoms with Crippen molar-refractivity contribution in [3.8, 4) is 0 Å². The number of hydrogen-bond donors (Lipinski definition) is 2. The zero-order valence-corrected chi connectivity index (χ0v) is 7.97. The number of nitrogens with zero attached hydrogens (tertiary/aromatic N) is 2. The number of alkyl halides is 3. The molecule has 0 unspecified atom stereocenters. The van der Waals surface area contributed by atoms with Crippen molar-refractivity contribution < 1.29 is 18.3 Å². The van der Waals surface area contributed by atoms with Gasteiger partial charge in [0.1, 0.15) is 11.5 Å². The van der Waals surface area contributed by atoms with E-state index in [9.17, 15) is 13.2 Å².